The van der Waals surface area contributed by atoms with Crippen molar-refractivity contribution >= 4 is 0 Å². The minimum absolute atomic E-state index is 0.482. The van der Waals surface area contributed by atoms with Gasteiger partial charge in [-0.15, -0.1) is 17.7 Å². The second-order valence-corrected chi connectivity index (χ2v) is 5.03. The number of imidazole rings is 1. The molecule has 0 N–H and O–H groups in total. The Balaban J connectivity index is 3.55. The van der Waals surface area contributed by atoms with Crippen LogP contribution in [0.4, 0.5) is 70.2 Å². The molecular weight excluding hydrogens is 452 g/mol. The number of rotatable bonds is 5. The highest BCUT2D eigenvalue weighted by Crippen LogP contribution is 2.61. The third kappa shape index (κ3) is 3.13. The molecular formula is C10H3F16N2+. The summed E-state index contributed by atoms with van der Waals surface area (Å²) < 4.78 is 201. The van der Waals surface area contributed by atoms with Crippen molar-refractivity contribution in [3.05, 3.63) is 18.7 Å². The van der Waals surface area contributed by atoms with Gasteiger partial charge in [0, 0.05) is 0 Å². The van der Waals surface area contributed by atoms with Crippen LogP contribution in [0.2, 0.25) is 0 Å². The summed E-state index contributed by atoms with van der Waals surface area (Å²) in [6.07, 6.45) is -15.4. The number of aromatic nitrogens is 2. The van der Waals surface area contributed by atoms with Gasteiger partial charge in [-0.1, -0.05) is 0 Å². The van der Waals surface area contributed by atoms with E-state index >= 15 is 0 Å². The molecule has 28 heavy (non-hydrogen) atoms. The molecule has 0 saturated heterocycles. The van der Waals surface area contributed by atoms with E-state index in [9.17, 15) is 70.2 Å². The summed E-state index contributed by atoms with van der Waals surface area (Å²) in [5.74, 6) is -31.8. The lowest BCUT2D eigenvalue weighted by Crippen LogP contribution is -2.70. The first-order chi connectivity index (χ1) is 12.0. The highest BCUT2D eigenvalue weighted by Gasteiger charge is 2.92. The quantitative estimate of drug-likeness (QED) is 0.441. The Morgan fingerprint density at radius 1 is 0.536 bits per heavy atom. The first-order valence-electron chi connectivity index (χ1n) is 6.09. The molecule has 1 aromatic rings. The average molecular weight is 455 g/mol. The summed E-state index contributed by atoms with van der Waals surface area (Å²) in [5, 5.41) is 0. The zero-order valence-corrected chi connectivity index (χ0v) is 12.2. The maximum atomic E-state index is 13.5. The molecule has 0 aromatic carbocycles. The lowest BCUT2D eigenvalue weighted by Gasteiger charge is -2.38. The lowest BCUT2D eigenvalue weighted by molar-refractivity contribution is -0.854. The smallest absolute Gasteiger partial charge is 0.192 e. The topological polar surface area (TPSA) is 8.81 Å². The predicted molar refractivity (Wildman–Crippen MR) is 52.0 cm³/mol. The Morgan fingerprint density at radius 3 is 1.25 bits per heavy atom. The van der Waals surface area contributed by atoms with Gasteiger partial charge in [0.15, 0.2) is 0 Å². The van der Waals surface area contributed by atoms with Crippen LogP contribution in [0.15, 0.2) is 18.7 Å². The fourth-order valence-electron chi connectivity index (χ4n) is 1.59. The van der Waals surface area contributed by atoms with E-state index in [1.54, 1.807) is 0 Å². The molecule has 0 aliphatic rings. The van der Waals surface area contributed by atoms with E-state index in [1.165, 1.54) is 0 Å². The van der Waals surface area contributed by atoms with Gasteiger partial charge in [0.2, 0.25) is 0 Å². The van der Waals surface area contributed by atoms with Gasteiger partial charge < -0.3 is 0 Å². The maximum absolute atomic E-state index is 13.5. The summed E-state index contributed by atoms with van der Waals surface area (Å²) in [7, 11) is 0. The number of nitrogens with zero attached hydrogens (tertiary/aromatic N) is 2. The van der Waals surface area contributed by atoms with Crippen molar-refractivity contribution in [1.82, 2.24) is 4.57 Å². The van der Waals surface area contributed by atoms with E-state index in [0.29, 0.717) is 0 Å². The Hall–Kier alpha value is -1.91. The molecule has 0 fully saturated rings. The van der Waals surface area contributed by atoms with E-state index in [0.717, 1.165) is 0 Å². The third-order valence-corrected chi connectivity index (χ3v) is 3.17. The Bertz CT molecular complexity index is 708. The lowest BCUT2D eigenvalue weighted by atomic mass is 9.96. The first-order valence-corrected chi connectivity index (χ1v) is 6.09. The van der Waals surface area contributed by atoms with Crippen LogP contribution in [0.5, 0.6) is 0 Å². The summed E-state index contributed by atoms with van der Waals surface area (Å²) in [6, 6.07) is -6.81. The molecule has 0 atom stereocenters. The molecule has 164 valence electrons. The maximum Gasteiger partial charge on any atom is 0.567 e. The molecule has 0 saturated carbocycles. The minimum atomic E-state index is -8.13. The van der Waals surface area contributed by atoms with Crippen LogP contribution in [0, 0.1) is 0 Å². The van der Waals surface area contributed by atoms with Crippen molar-refractivity contribution in [2.24, 2.45) is 0 Å². The normalized spacial score (nSPS) is 15.9. The van der Waals surface area contributed by atoms with Gasteiger partial charge in [0.05, 0.1) is 0 Å². The van der Waals surface area contributed by atoms with Crippen LogP contribution in [-0.4, -0.2) is 34.4 Å². The zero-order chi connectivity index (χ0) is 22.8. The summed E-state index contributed by atoms with van der Waals surface area (Å²) >= 11 is 0. The van der Waals surface area contributed by atoms with Gasteiger partial charge in [-0.25, -0.2) is 0 Å². The fraction of sp³-hybridized carbons (Fsp3) is 0.700. The molecule has 0 bridgehead atoms. The van der Waals surface area contributed by atoms with Crippen molar-refractivity contribution in [2.45, 2.75) is 42.2 Å². The van der Waals surface area contributed by atoms with E-state index in [-0.39, 0.29) is 0 Å². The molecule has 0 aliphatic carbocycles. The summed E-state index contributed by atoms with van der Waals surface area (Å²) in [5.41, 5.74) is 0. The fourth-order valence-corrected chi connectivity index (χ4v) is 1.59. The Labute approximate surface area is 141 Å². The molecule has 1 aromatic heterocycles. The van der Waals surface area contributed by atoms with E-state index < -0.39 is 70.1 Å². The second-order valence-electron chi connectivity index (χ2n) is 5.03. The minimum Gasteiger partial charge on any atom is -0.192 e. The Kier molecular flexibility index (Phi) is 5.21. The molecule has 0 radical (unpaired) electrons. The molecule has 0 aliphatic heterocycles. The highest BCUT2D eigenvalue weighted by molar-refractivity contribution is 5.09. The number of hydrogen-bond donors (Lipinski definition) is 0. The SMILES string of the molecule is FC(F)(F)[n+]1ccn(C(F)(F)C(F)(F)C(F)(F)C(F)(F)C(F)(F)C(F)(F)F)c1. The highest BCUT2D eigenvalue weighted by atomic mass is 19.4. The molecule has 1 rings (SSSR count). The molecule has 18 heteroatoms. The van der Waals surface area contributed by atoms with Gasteiger partial charge in [-0.2, -0.15) is 61.6 Å². The van der Waals surface area contributed by atoms with E-state index in [2.05, 4.69) is 0 Å². The van der Waals surface area contributed by atoms with Gasteiger partial charge in [-0.05, 0) is 0 Å². The molecule has 0 spiro atoms. The van der Waals surface area contributed by atoms with Crippen molar-refractivity contribution in [3.8, 4) is 0 Å². The first kappa shape index (κ1) is 24.1. The largest absolute Gasteiger partial charge is 0.567 e. The molecule has 0 amide bonds. The van der Waals surface area contributed by atoms with Crippen LogP contribution < -0.4 is 4.57 Å². The summed E-state index contributed by atoms with van der Waals surface area (Å²) in [6.45, 7) is 0. The molecule has 0 unspecified atom stereocenters. The van der Waals surface area contributed by atoms with Gasteiger partial charge in [0.25, 0.3) is 6.33 Å². The second kappa shape index (κ2) is 6.04. The monoisotopic (exact) mass is 455 g/mol. The predicted octanol–water partition coefficient (Wildman–Crippen LogP) is 4.90. The molecule has 2 nitrogen and oxygen atoms in total. The van der Waals surface area contributed by atoms with Gasteiger partial charge >= 0.3 is 42.2 Å². The number of alkyl halides is 16. The Morgan fingerprint density at radius 2 is 0.929 bits per heavy atom. The van der Waals surface area contributed by atoms with Crippen LogP contribution in [0.25, 0.3) is 0 Å². The summed E-state index contributed by atoms with van der Waals surface area (Å²) in [4.78, 5) is 0. The van der Waals surface area contributed by atoms with E-state index in [1.807, 2.05) is 0 Å². The number of hydrogen-bond acceptors (Lipinski definition) is 0. The van der Waals surface area contributed by atoms with Crippen LogP contribution in [-0.2, 0) is 12.3 Å². The number of halogens is 16. The standard InChI is InChI=1S/C10H3F16N2/c11-4(12,6(15,16)8(19,20)21)5(13,14)7(17,18)9(22,23)27-1-2-28(3-27)10(24,25)26/h1-3H/q+1. The van der Waals surface area contributed by atoms with E-state index in [4.69, 9.17) is 0 Å². The van der Waals surface area contributed by atoms with Crippen LogP contribution in [0.3, 0.4) is 0 Å². The third-order valence-electron chi connectivity index (χ3n) is 3.17. The van der Waals surface area contributed by atoms with Crippen molar-refractivity contribution in [3.63, 3.8) is 0 Å². The zero-order valence-electron chi connectivity index (χ0n) is 12.2. The van der Waals surface area contributed by atoms with Gasteiger partial charge in [0.1, 0.15) is 12.4 Å². The van der Waals surface area contributed by atoms with Crippen molar-refractivity contribution < 1.29 is 74.8 Å². The molecule has 1 heterocycles. The average Bonchev–Trinajstić information content (AvgIpc) is 2.95. The van der Waals surface area contributed by atoms with Crippen LogP contribution in [0.1, 0.15) is 0 Å². The van der Waals surface area contributed by atoms with Crippen LogP contribution >= 0.6 is 0 Å². The van der Waals surface area contributed by atoms with Crippen molar-refractivity contribution in [1.29, 1.82) is 0 Å². The van der Waals surface area contributed by atoms with Gasteiger partial charge in [-0.3, -0.25) is 0 Å². The van der Waals surface area contributed by atoms with Crippen molar-refractivity contribution in [2.75, 3.05) is 0 Å².